The maximum Gasteiger partial charge on any atom is 1.00 e. The van der Waals surface area contributed by atoms with Crippen molar-refractivity contribution in [1.82, 2.24) is 4.90 Å². The van der Waals surface area contributed by atoms with Crippen molar-refractivity contribution in [1.29, 1.82) is 0 Å². The number of hydrogen-bond donors (Lipinski definition) is 0. The molecule has 0 bridgehead atoms. The first kappa shape index (κ1) is 36.3. The minimum Gasteiger partial charge on any atom is -0.748 e. The Bertz CT molecular complexity index is 581. The zero-order valence-corrected chi connectivity index (χ0v) is 25.5. The van der Waals surface area contributed by atoms with Gasteiger partial charge in [0, 0.05) is 25.8 Å². The maximum atomic E-state index is 12.1. The van der Waals surface area contributed by atoms with Gasteiger partial charge in [-0.3, -0.25) is 4.79 Å². The topological polar surface area (TPSA) is 77.5 Å². The van der Waals surface area contributed by atoms with Crippen molar-refractivity contribution in [3.63, 3.8) is 0 Å². The molecular formula is C27H52NNaO4S. The number of carbonyl (C=O) groups excluding carboxylic acids is 1. The molecule has 196 valence electrons. The fourth-order valence-electron chi connectivity index (χ4n) is 4.00. The van der Waals surface area contributed by atoms with E-state index in [4.69, 9.17) is 0 Å². The van der Waals surface area contributed by atoms with Crippen LogP contribution in [0, 0.1) is 0 Å². The molecule has 0 saturated carbocycles. The summed E-state index contributed by atoms with van der Waals surface area (Å²) in [5.74, 6) is -0.230. The van der Waals surface area contributed by atoms with E-state index in [0.717, 1.165) is 12.8 Å². The Morgan fingerprint density at radius 3 is 1.62 bits per heavy atom. The fraction of sp³-hybridized carbons (Fsp3) is 0.889. The minimum absolute atomic E-state index is 0. The van der Waals surface area contributed by atoms with Crippen LogP contribution < -0.4 is 29.6 Å². The zero-order chi connectivity index (χ0) is 24.6. The second-order valence-electron chi connectivity index (χ2n) is 9.53. The summed E-state index contributed by atoms with van der Waals surface area (Å²) in [6.07, 6.45) is 28.0. The summed E-state index contributed by atoms with van der Waals surface area (Å²) in [5.41, 5.74) is 0. The molecule has 0 aliphatic rings. The Labute approximate surface area is 234 Å². The number of amides is 1. The van der Waals surface area contributed by atoms with Crippen LogP contribution in [-0.4, -0.2) is 43.1 Å². The average Bonchev–Trinajstić information content (AvgIpc) is 2.77. The van der Waals surface area contributed by atoms with Crippen LogP contribution in [0.4, 0.5) is 0 Å². The Balaban J connectivity index is 0. The average molecular weight is 510 g/mol. The Kier molecular flexibility index (Phi) is 27.9. The van der Waals surface area contributed by atoms with Crippen LogP contribution in [0.25, 0.3) is 0 Å². The molecule has 0 unspecified atom stereocenters. The molecule has 0 N–H and O–H groups in total. The van der Waals surface area contributed by atoms with Gasteiger partial charge < -0.3 is 9.45 Å². The van der Waals surface area contributed by atoms with Gasteiger partial charge in [0.25, 0.3) is 0 Å². The van der Waals surface area contributed by atoms with Crippen LogP contribution >= 0.6 is 0 Å². The van der Waals surface area contributed by atoms with Gasteiger partial charge >= 0.3 is 29.6 Å². The monoisotopic (exact) mass is 509 g/mol. The maximum absolute atomic E-state index is 12.1. The number of nitrogens with zero attached hydrogens (tertiary/aromatic N) is 1. The quantitative estimate of drug-likeness (QED) is 0.0838. The predicted octanol–water partition coefficient (Wildman–Crippen LogP) is 4.37. The molecule has 0 aromatic heterocycles. The van der Waals surface area contributed by atoms with Crippen LogP contribution in [0.5, 0.6) is 0 Å². The summed E-state index contributed by atoms with van der Waals surface area (Å²) >= 11 is 0. The van der Waals surface area contributed by atoms with Crippen molar-refractivity contribution >= 4 is 16.0 Å². The van der Waals surface area contributed by atoms with E-state index in [9.17, 15) is 17.8 Å². The third-order valence-corrected chi connectivity index (χ3v) is 7.00. The van der Waals surface area contributed by atoms with Gasteiger partial charge in [-0.25, -0.2) is 8.42 Å². The van der Waals surface area contributed by atoms with Gasteiger partial charge in [-0.15, -0.1) is 0 Å². The van der Waals surface area contributed by atoms with Crippen LogP contribution in [0.1, 0.15) is 135 Å². The van der Waals surface area contributed by atoms with Crippen molar-refractivity contribution in [3.05, 3.63) is 12.2 Å². The minimum atomic E-state index is -4.14. The molecule has 0 rings (SSSR count). The van der Waals surface area contributed by atoms with Gasteiger partial charge in [0.05, 0.1) is 10.1 Å². The Hall–Kier alpha value is 0.120. The Morgan fingerprint density at radius 1 is 0.706 bits per heavy atom. The van der Waals surface area contributed by atoms with Crippen LogP contribution in [0.15, 0.2) is 12.2 Å². The third-order valence-electron chi connectivity index (χ3n) is 6.22. The van der Waals surface area contributed by atoms with Crippen molar-refractivity contribution in [2.75, 3.05) is 19.3 Å². The van der Waals surface area contributed by atoms with Gasteiger partial charge in [0.1, 0.15) is 0 Å². The molecule has 5 nitrogen and oxygen atoms in total. The first-order valence-electron chi connectivity index (χ1n) is 13.7. The third kappa shape index (κ3) is 28.4. The van der Waals surface area contributed by atoms with Gasteiger partial charge in [0.15, 0.2) is 0 Å². The predicted molar refractivity (Wildman–Crippen MR) is 139 cm³/mol. The summed E-state index contributed by atoms with van der Waals surface area (Å²) in [6, 6.07) is 0. The molecule has 7 heteroatoms. The van der Waals surface area contributed by atoms with E-state index in [1.165, 1.54) is 96.3 Å². The SMILES string of the molecule is CCCCCCCC/C=C\CCCCCCCCCCCC(=O)N(C)CCCCS(=O)(=O)[O-].[Na+]. The molecule has 0 heterocycles. The number of rotatable bonds is 24. The summed E-state index contributed by atoms with van der Waals surface area (Å²) in [4.78, 5) is 13.7. The standard InChI is InChI=1S/C27H53NO4S.Na/c1-3-4-5-6-7-8-9-10-11-12-13-14-15-16-17-18-19-20-21-24-27(29)28(2)25-22-23-26-33(30,31)32;/h10-11H,3-9,12-26H2,1-2H3,(H,30,31,32);/q;+1/p-1/b11-10-;. The number of carbonyl (C=O) groups is 1. The molecule has 0 radical (unpaired) electrons. The molecule has 0 atom stereocenters. The van der Waals surface area contributed by atoms with Gasteiger partial charge in [-0.2, -0.15) is 0 Å². The summed E-state index contributed by atoms with van der Waals surface area (Å²) in [5, 5.41) is 0. The van der Waals surface area contributed by atoms with E-state index in [0.29, 0.717) is 25.8 Å². The van der Waals surface area contributed by atoms with Crippen LogP contribution in [-0.2, 0) is 14.9 Å². The summed E-state index contributed by atoms with van der Waals surface area (Å²) < 4.78 is 31.7. The zero-order valence-electron chi connectivity index (χ0n) is 22.7. The molecule has 0 aliphatic carbocycles. The molecule has 0 spiro atoms. The first-order valence-corrected chi connectivity index (χ1v) is 15.3. The molecule has 0 aromatic carbocycles. The number of unbranched alkanes of at least 4 members (excludes halogenated alkanes) is 16. The van der Waals surface area contributed by atoms with E-state index in [1.807, 2.05) is 0 Å². The molecule has 0 fully saturated rings. The second kappa shape index (κ2) is 26.2. The smallest absolute Gasteiger partial charge is 0.748 e. The number of hydrogen-bond acceptors (Lipinski definition) is 4. The van der Waals surface area contributed by atoms with Crippen LogP contribution in [0.2, 0.25) is 0 Å². The fourth-order valence-corrected chi connectivity index (χ4v) is 4.56. The molecule has 1 amide bonds. The van der Waals surface area contributed by atoms with E-state index >= 15 is 0 Å². The van der Waals surface area contributed by atoms with E-state index in [2.05, 4.69) is 19.1 Å². The van der Waals surface area contributed by atoms with Crippen molar-refractivity contribution < 1.29 is 47.3 Å². The van der Waals surface area contributed by atoms with E-state index in [1.54, 1.807) is 11.9 Å². The van der Waals surface area contributed by atoms with Crippen molar-refractivity contribution in [2.24, 2.45) is 0 Å². The second-order valence-corrected chi connectivity index (χ2v) is 11.1. The van der Waals surface area contributed by atoms with Gasteiger partial charge in [0.2, 0.25) is 5.91 Å². The molecule has 0 saturated heterocycles. The summed E-state index contributed by atoms with van der Waals surface area (Å²) in [6.45, 7) is 2.78. The number of allylic oxidation sites excluding steroid dienone is 2. The summed E-state index contributed by atoms with van der Waals surface area (Å²) in [7, 11) is -2.39. The van der Waals surface area contributed by atoms with E-state index in [-0.39, 0.29) is 41.2 Å². The van der Waals surface area contributed by atoms with Gasteiger partial charge in [-0.05, 0) is 44.9 Å². The molecule has 34 heavy (non-hydrogen) atoms. The van der Waals surface area contributed by atoms with E-state index < -0.39 is 10.1 Å². The first-order chi connectivity index (χ1) is 15.9. The molecule has 0 aliphatic heterocycles. The van der Waals surface area contributed by atoms with Crippen molar-refractivity contribution in [3.8, 4) is 0 Å². The molecular weight excluding hydrogens is 457 g/mol. The largest absolute Gasteiger partial charge is 1.00 e. The Morgan fingerprint density at radius 2 is 1.15 bits per heavy atom. The molecule has 0 aromatic rings. The van der Waals surface area contributed by atoms with Crippen LogP contribution in [0.3, 0.4) is 0 Å². The normalized spacial score (nSPS) is 11.6. The van der Waals surface area contributed by atoms with Crippen molar-refractivity contribution in [2.45, 2.75) is 135 Å². The van der Waals surface area contributed by atoms with Gasteiger partial charge in [-0.1, -0.05) is 96.1 Å².